The van der Waals surface area contributed by atoms with Crippen molar-refractivity contribution in [1.29, 1.82) is 0 Å². The molecule has 1 amide bonds. The van der Waals surface area contributed by atoms with Crippen LogP contribution in [0.4, 0.5) is 16.6 Å². The van der Waals surface area contributed by atoms with E-state index < -0.39 is 6.09 Å². The molecule has 156 valence electrons. The van der Waals surface area contributed by atoms with Gasteiger partial charge in [-0.05, 0) is 25.8 Å². The third-order valence-corrected chi connectivity index (χ3v) is 5.03. The predicted molar refractivity (Wildman–Crippen MR) is 111 cm³/mol. The van der Waals surface area contributed by atoms with Gasteiger partial charge in [0.2, 0.25) is 17.7 Å². The fourth-order valence-electron chi connectivity index (χ4n) is 3.23. The van der Waals surface area contributed by atoms with Gasteiger partial charge in [-0.1, -0.05) is 48.8 Å². The van der Waals surface area contributed by atoms with Gasteiger partial charge >= 0.3 is 6.09 Å². The van der Waals surface area contributed by atoms with Crippen molar-refractivity contribution >= 4 is 17.9 Å². The summed E-state index contributed by atoms with van der Waals surface area (Å²) in [6, 6.07) is 9.22. The first-order chi connectivity index (χ1) is 14.4. The molecule has 1 N–H and O–H groups in total. The van der Waals surface area contributed by atoms with Gasteiger partial charge in [-0.2, -0.15) is 9.97 Å². The molecule has 1 aliphatic rings. The Balaban J connectivity index is 1.50. The summed E-state index contributed by atoms with van der Waals surface area (Å²) in [5, 5.41) is 7.22. The van der Waals surface area contributed by atoms with Crippen LogP contribution < -0.4 is 10.2 Å². The number of aryl methyl sites for hydroxylation is 1. The van der Waals surface area contributed by atoms with Gasteiger partial charge in [0.1, 0.15) is 18.5 Å². The Morgan fingerprint density at radius 3 is 2.63 bits per heavy atom. The first-order valence-corrected chi connectivity index (χ1v) is 9.88. The summed E-state index contributed by atoms with van der Waals surface area (Å²) in [6.45, 7) is 8.34. The van der Waals surface area contributed by atoms with Gasteiger partial charge < -0.3 is 14.6 Å². The molecular formula is C21H24N6O3. The number of hydrogen-bond acceptors (Lipinski definition) is 8. The van der Waals surface area contributed by atoms with E-state index in [1.54, 1.807) is 17.2 Å². The molecule has 0 spiro atoms. The van der Waals surface area contributed by atoms with E-state index in [-0.39, 0.29) is 18.0 Å². The van der Waals surface area contributed by atoms with Gasteiger partial charge in [-0.3, -0.25) is 4.90 Å². The number of anilines is 2. The van der Waals surface area contributed by atoms with Crippen molar-refractivity contribution in [2.24, 2.45) is 5.92 Å². The fourth-order valence-corrected chi connectivity index (χ4v) is 3.23. The lowest BCUT2D eigenvalue weighted by Crippen LogP contribution is -2.37. The molecule has 1 fully saturated rings. The predicted octanol–water partition coefficient (Wildman–Crippen LogP) is 3.99. The maximum atomic E-state index is 12.2. The third-order valence-electron chi connectivity index (χ3n) is 5.03. The number of nitrogens with zero attached hydrogens (tertiary/aromatic N) is 5. The minimum atomic E-state index is -0.397. The molecular weight excluding hydrogens is 384 g/mol. The van der Waals surface area contributed by atoms with Gasteiger partial charge in [0.15, 0.2) is 0 Å². The summed E-state index contributed by atoms with van der Waals surface area (Å²) in [5.41, 5.74) is 2.05. The molecule has 3 heterocycles. The molecule has 1 aromatic carbocycles. The molecule has 3 aromatic rings. The van der Waals surface area contributed by atoms with E-state index in [1.165, 1.54) is 0 Å². The maximum absolute atomic E-state index is 12.2. The minimum Gasteiger partial charge on any atom is -0.447 e. The van der Waals surface area contributed by atoms with Gasteiger partial charge in [0.25, 0.3) is 0 Å². The lowest BCUT2D eigenvalue weighted by molar-refractivity contribution is 0.177. The number of cyclic esters (lactones) is 1. The number of carbonyl (C=O) groups excluding carboxylic acids is 1. The second-order valence-electron chi connectivity index (χ2n) is 7.68. The van der Waals surface area contributed by atoms with Crippen molar-refractivity contribution in [3.63, 3.8) is 0 Å². The Hall–Kier alpha value is -3.49. The number of ether oxygens (including phenoxy) is 1. The summed E-state index contributed by atoms with van der Waals surface area (Å²) < 4.78 is 10.6. The number of rotatable bonds is 6. The molecule has 2 aromatic heterocycles. The van der Waals surface area contributed by atoms with Crippen molar-refractivity contribution in [3.8, 4) is 11.4 Å². The highest BCUT2D eigenvalue weighted by Crippen LogP contribution is 2.27. The van der Waals surface area contributed by atoms with E-state index in [0.717, 1.165) is 11.1 Å². The number of aromatic nitrogens is 4. The van der Waals surface area contributed by atoms with Crippen molar-refractivity contribution in [2.45, 2.75) is 39.8 Å². The Morgan fingerprint density at radius 2 is 1.90 bits per heavy atom. The summed E-state index contributed by atoms with van der Waals surface area (Å²) in [5.74, 6) is 2.03. The van der Waals surface area contributed by atoms with Crippen LogP contribution in [0.15, 0.2) is 41.1 Å². The molecule has 0 aliphatic carbocycles. The molecule has 1 saturated heterocycles. The maximum Gasteiger partial charge on any atom is 0.415 e. The number of carbonyl (C=O) groups is 1. The van der Waals surface area contributed by atoms with E-state index in [0.29, 0.717) is 30.1 Å². The molecule has 2 atom stereocenters. The van der Waals surface area contributed by atoms with Crippen LogP contribution in [0.5, 0.6) is 0 Å². The van der Waals surface area contributed by atoms with Gasteiger partial charge in [-0.25, -0.2) is 9.78 Å². The van der Waals surface area contributed by atoms with Crippen LogP contribution in [-0.4, -0.2) is 38.9 Å². The van der Waals surface area contributed by atoms with Crippen LogP contribution >= 0.6 is 0 Å². The van der Waals surface area contributed by atoms with Crippen LogP contribution in [0.25, 0.3) is 11.4 Å². The van der Waals surface area contributed by atoms with Crippen LogP contribution in [0, 0.1) is 12.8 Å². The summed E-state index contributed by atoms with van der Waals surface area (Å²) in [6.07, 6.45) is 1.21. The Morgan fingerprint density at radius 1 is 1.13 bits per heavy atom. The first kappa shape index (κ1) is 19.8. The highest BCUT2D eigenvalue weighted by molar-refractivity contribution is 5.89. The Bertz CT molecular complexity index is 1030. The number of benzene rings is 1. The molecule has 1 aliphatic heterocycles. The van der Waals surface area contributed by atoms with Crippen molar-refractivity contribution in [1.82, 2.24) is 20.1 Å². The standard InChI is InChI=1S/C21H24N6O3/c1-12(2)16-11-29-21(28)27(16)17-9-10-22-20(24-17)23-14(4)19-25-18(26-30-19)15-7-5-13(3)6-8-15/h5-10,12,14,16H,11H2,1-4H3,(H,22,23,24)/t14-,16+/m0/s1. The number of hydrogen-bond donors (Lipinski definition) is 1. The normalized spacial score (nSPS) is 17.3. The van der Waals surface area contributed by atoms with Crippen LogP contribution in [0.1, 0.15) is 38.3 Å². The zero-order chi connectivity index (χ0) is 21.3. The summed E-state index contributed by atoms with van der Waals surface area (Å²) in [4.78, 5) is 27.0. The second-order valence-corrected chi connectivity index (χ2v) is 7.68. The van der Waals surface area contributed by atoms with Crippen LogP contribution in [0.3, 0.4) is 0 Å². The van der Waals surface area contributed by atoms with E-state index in [2.05, 4.69) is 25.4 Å². The van der Waals surface area contributed by atoms with Crippen molar-refractivity contribution < 1.29 is 14.1 Å². The molecule has 9 nitrogen and oxygen atoms in total. The lowest BCUT2D eigenvalue weighted by atomic mass is 10.0. The van der Waals surface area contributed by atoms with Gasteiger partial charge in [-0.15, -0.1) is 0 Å². The highest BCUT2D eigenvalue weighted by atomic mass is 16.6. The summed E-state index contributed by atoms with van der Waals surface area (Å²) >= 11 is 0. The molecule has 9 heteroatoms. The zero-order valence-electron chi connectivity index (χ0n) is 17.4. The topological polar surface area (TPSA) is 106 Å². The average Bonchev–Trinajstić information content (AvgIpc) is 3.36. The third kappa shape index (κ3) is 3.96. The quantitative estimate of drug-likeness (QED) is 0.652. The van der Waals surface area contributed by atoms with Gasteiger partial charge in [0, 0.05) is 11.8 Å². The number of nitrogens with one attached hydrogen (secondary N) is 1. The average molecular weight is 408 g/mol. The highest BCUT2D eigenvalue weighted by Gasteiger charge is 2.37. The molecule has 0 unspecified atom stereocenters. The van der Waals surface area contributed by atoms with Crippen LogP contribution in [-0.2, 0) is 4.74 Å². The van der Waals surface area contributed by atoms with Crippen molar-refractivity contribution in [3.05, 3.63) is 48.0 Å². The largest absolute Gasteiger partial charge is 0.447 e. The molecule has 0 radical (unpaired) electrons. The first-order valence-electron chi connectivity index (χ1n) is 9.88. The lowest BCUT2D eigenvalue weighted by Gasteiger charge is -2.23. The SMILES string of the molecule is Cc1ccc(-c2noc([C@H](C)Nc3nccc(N4C(=O)OC[C@@H]4C(C)C)n3)n2)cc1. The van der Waals surface area contributed by atoms with E-state index in [4.69, 9.17) is 9.26 Å². The van der Waals surface area contributed by atoms with E-state index in [1.807, 2.05) is 52.0 Å². The smallest absolute Gasteiger partial charge is 0.415 e. The Kier molecular flexibility index (Phi) is 5.35. The fraction of sp³-hybridized carbons (Fsp3) is 0.381. The number of amides is 1. The zero-order valence-corrected chi connectivity index (χ0v) is 17.4. The molecule has 30 heavy (non-hydrogen) atoms. The van der Waals surface area contributed by atoms with Gasteiger partial charge in [0.05, 0.1) is 6.04 Å². The van der Waals surface area contributed by atoms with E-state index in [9.17, 15) is 4.79 Å². The Labute approximate surface area is 174 Å². The van der Waals surface area contributed by atoms with E-state index >= 15 is 0 Å². The summed E-state index contributed by atoms with van der Waals surface area (Å²) in [7, 11) is 0. The molecule has 4 rings (SSSR count). The van der Waals surface area contributed by atoms with Crippen LogP contribution in [0.2, 0.25) is 0 Å². The second kappa shape index (κ2) is 8.10. The molecule has 0 bridgehead atoms. The van der Waals surface area contributed by atoms with Crippen molar-refractivity contribution in [2.75, 3.05) is 16.8 Å². The molecule has 0 saturated carbocycles. The monoisotopic (exact) mass is 408 g/mol. The minimum absolute atomic E-state index is 0.0642.